The van der Waals surface area contributed by atoms with Crippen LogP contribution in [-0.4, -0.2) is 49.9 Å². The van der Waals surface area contributed by atoms with Crippen LogP contribution < -0.4 is 24.8 Å². The van der Waals surface area contributed by atoms with Crippen molar-refractivity contribution in [2.45, 2.75) is 33.4 Å². The third kappa shape index (κ3) is 6.66. The number of para-hydroxylation sites is 2. The van der Waals surface area contributed by atoms with Crippen molar-refractivity contribution in [2.75, 3.05) is 34.4 Å². The number of methoxy groups -OCH3 is 2. The number of hydrogen-bond acceptors (Lipinski definition) is 5. The highest BCUT2D eigenvalue weighted by molar-refractivity contribution is 14.0. The van der Waals surface area contributed by atoms with Gasteiger partial charge in [0.1, 0.15) is 5.82 Å². The van der Waals surface area contributed by atoms with Crippen LogP contribution in [0.4, 0.5) is 0 Å². The number of halogens is 1. The first-order valence-electron chi connectivity index (χ1n) is 10.8. The zero-order chi connectivity index (χ0) is 22.9. The van der Waals surface area contributed by atoms with E-state index in [0.29, 0.717) is 30.4 Å². The van der Waals surface area contributed by atoms with Gasteiger partial charge in [0, 0.05) is 26.7 Å². The van der Waals surface area contributed by atoms with Gasteiger partial charge in [0.05, 0.1) is 31.9 Å². The molecule has 0 atom stereocenters. The van der Waals surface area contributed by atoms with E-state index in [1.165, 1.54) is 5.52 Å². The number of hydrogen-bond donors (Lipinski definition) is 2. The Hall–Kier alpha value is -2.69. The van der Waals surface area contributed by atoms with Crippen LogP contribution in [0.5, 0.6) is 17.2 Å². The number of ether oxygens (including phenoxy) is 3. The van der Waals surface area contributed by atoms with Crippen LogP contribution in [0.15, 0.2) is 41.4 Å². The predicted molar refractivity (Wildman–Crippen MR) is 143 cm³/mol. The van der Waals surface area contributed by atoms with Crippen molar-refractivity contribution in [3.63, 3.8) is 0 Å². The summed E-state index contributed by atoms with van der Waals surface area (Å²) in [5.74, 6) is 3.69. The number of aryl methyl sites for hydroxylation is 2. The Kier molecular flexibility index (Phi) is 10.6. The number of benzene rings is 2. The molecule has 2 N–H and O–H groups in total. The normalized spacial score (nSPS) is 11.1. The van der Waals surface area contributed by atoms with E-state index in [9.17, 15) is 0 Å². The molecule has 8 nitrogen and oxygen atoms in total. The van der Waals surface area contributed by atoms with Gasteiger partial charge in [-0.1, -0.05) is 12.1 Å². The van der Waals surface area contributed by atoms with Gasteiger partial charge in [0.25, 0.3) is 0 Å². The van der Waals surface area contributed by atoms with Crippen LogP contribution in [0.2, 0.25) is 0 Å². The van der Waals surface area contributed by atoms with Crippen LogP contribution in [0.25, 0.3) is 11.0 Å². The van der Waals surface area contributed by atoms with Crippen molar-refractivity contribution in [1.29, 1.82) is 0 Å². The first kappa shape index (κ1) is 26.6. The van der Waals surface area contributed by atoms with Gasteiger partial charge >= 0.3 is 0 Å². The number of aromatic nitrogens is 2. The van der Waals surface area contributed by atoms with E-state index in [-0.39, 0.29) is 24.0 Å². The summed E-state index contributed by atoms with van der Waals surface area (Å²) in [5.41, 5.74) is 3.22. The highest BCUT2D eigenvalue weighted by Crippen LogP contribution is 2.38. The number of nitrogens with zero attached hydrogens (tertiary/aromatic N) is 3. The molecule has 0 bridgehead atoms. The molecule has 3 rings (SSSR count). The molecular weight excluding hydrogens is 533 g/mol. The molecular formula is C24H34IN5O3. The zero-order valence-corrected chi connectivity index (χ0v) is 22.3. The number of guanidine groups is 1. The topological polar surface area (TPSA) is 81.9 Å². The minimum Gasteiger partial charge on any atom is -0.493 e. The van der Waals surface area contributed by atoms with E-state index in [1.807, 2.05) is 38.1 Å². The Morgan fingerprint density at radius 1 is 1.09 bits per heavy atom. The molecule has 0 amide bonds. The third-order valence-corrected chi connectivity index (χ3v) is 5.19. The molecule has 0 fully saturated rings. The molecule has 0 spiro atoms. The molecule has 180 valence electrons. The fourth-order valence-electron chi connectivity index (χ4n) is 3.65. The summed E-state index contributed by atoms with van der Waals surface area (Å²) in [5, 5.41) is 6.72. The summed E-state index contributed by atoms with van der Waals surface area (Å²) >= 11 is 0. The maximum atomic E-state index is 5.67. The van der Waals surface area contributed by atoms with E-state index < -0.39 is 0 Å². The average molecular weight is 567 g/mol. The van der Waals surface area contributed by atoms with Crippen molar-refractivity contribution >= 4 is 41.0 Å². The molecule has 3 aromatic rings. The maximum absolute atomic E-state index is 5.67. The molecule has 0 aliphatic carbocycles. The van der Waals surface area contributed by atoms with E-state index in [4.69, 9.17) is 14.2 Å². The first-order valence-corrected chi connectivity index (χ1v) is 10.8. The number of fused-ring (bicyclic) bond motifs is 1. The minimum atomic E-state index is 0. The minimum absolute atomic E-state index is 0. The molecule has 1 aromatic heterocycles. The van der Waals surface area contributed by atoms with Crippen molar-refractivity contribution in [1.82, 2.24) is 20.2 Å². The summed E-state index contributed by atoms with van der Waals surface area (Å²) in [6, 6.07) is 12.1. The summed E-state index contributed by atoms with van der Waals surface area (Å²) in [7, 11) is 5.02. The Balaban J connectivity index is 0.00000385. The summed E-state index contributed by atoms with van der Waals surface area (Å²) in [4.78, 5) is 8.95. The standard InChI is InChI=1S/C24H33N5O3.HI/c1-6-32-23-21(30-4)14-18(15-22(23)31-5)16-27-24(25-3)26-12-9-13-29-17(2)28-19-10-7-8-11-20(19)29;/h7-8,10-11,14-15H,6,9,12-13,16H2,1-5H3,(H2,25,26,27);1H. The molecule has 33 heavy (non-hydrogen) atoms. The highest BCUT2D eigenvalue weighted by Gasteiger charge is 2.14. The lowest BCUT2D eigenvalue weighted by Crippen LogP contribution is -2.37. The Labute approximate surface area is 212 Å². The second-order valence-electron chi connectivity index (χ2n) is 7.27. The van der Waals surface area contributed by atoms with E-state index in [0.717, 1.165) is 42.4 Å². The van der Waals surface area contributed by atoms with Crippen molar-refractivity contribution < 1.29 is 14.2 Å². The smallest absolute Gasteiger partial charge is 0.203 e. The molecule has 0 radical (unpaired) electrons. The second kappa shape index (κ2) is 13.1. The fraction of sp³-hybridized carbons (Fsp3) is 0.417. The van der Waals surface area contributed by atoms with Gasteiger partial charge in [0.2, 0.25) is 5.75 Å². The summed E-state index contributed by atoms with van der Waals surface area (Å²) in [6.45, 7) is 6.78. The molecule has 0 aliphatic heterocycles. The molecule has 0 saturated heterocycles. The van der Waals surface area contributed by atoms with Crippen LogP contribution in [0, 0.1) is 6.92 Å². The van der Waals surface area contributed by atoms with E-state index >= 15 is 0 Å². The lowest BCUT2D eigenvalue weighted by atomic mass is 10.2. The maximum Gasteiger partial charge on any atom is 0.203 e. The number of imidazole rings is 1. The number of aliphatic imine (C=N–C) groups is 1. The number of rotatable bonds is 10. The first-order chi connectivity index (χ1) is 15.6. The van der Waals surface area contributed by atoms with Crippen LogP contribution >= 0.6 is 24.0 Å². The quantitative estimate of drug-likeness (QED) is 0.166. The van der Waals surface area contributed by atoms with Gasteiger partial charge < -0.3 is 29.4 Å². The zero-order valence-electron chi connectivity index (χ0n) is 20.0. The van der Waals surface area contributed by atoms with Gasteiger partial charge in [0.15, 0.2) is 17.5 Å². The Morgan fingerprint density at radius 2 is 1.79 bits per heavy atom. The largest absolute Gasteiger partial charge is 0.493 e. The van der Waals surface area contributed by atoms with Crippen LogP contribution in [0.1, 0.15) is 24.7 Å². The van der Waals surface area contributed by atoms with E-state index in [1.54, 1.807) is 21.3 Å². The molecule has 1 heterocycles. The summed E-state index contributed by atoms with van der Waals surface area (Å²) in [6.07, 6.45) is 0.951. The molecule has 0 unspecified atom stereocenters. The third-order valence-electron chi connectivity index (χ3n) is 5.19. The molecule has 9 heteroatoms. The molecule has 0 aliphatic rings. The van der Waals surface area contributed by atoms with Gasteiger partial charge in [-0.05, 0) is 50.1 Å². The fourth-order valence-corrected chi connectivity index (χ4v) is 3.65. The Morgan fingerprint density at radius 3 is 2.42 bits per heavy atom. The average Bonchev–Trinajstić information content (AvgIpc) is 3.14. The summed E-state index contributed by atoms with van der Waals surface area (Å²) < 4.78 is 18.9. The Bertz CT molecular complexity index is 1040. The van der Waals surface area contributed by atoms with Gasteiger partial charge in [-0.15, -0.1) is 24.0 Å². The van der Waals surface area contributed by atoms with Gasteiger partial charge in [-0.3, -0.25) is 4.99 Å². The lowest BCUT2D eigenvalue weighted by molar-refractivity contribution is 0.288. The van der Waals surface area contributed by atoms with Crippen molar-refractivity contribution in [2.24, 2.45) is 4.99 Å². The van der Waals surface area contributed by atoms with Crippen LogP contribution in [-0.2, 0) is 13.1 Å². The van der Waals surface area contributed by atoms with Gasteiger partial charge in [-0.25, -0.2) is 4.98 Å². The van der Waals surface area contributed by atoms with Crippen molar-refractivity contribution in [3.8, 4) is 17.2 Å². The monoisotopic (exact) mass is 567 g/mol. The van der Waals surface area contributed by atoms with E-state index in [2.05, 4.69) is 37.3 Å². The second-order valence-corrected chi connectivity index (χ2v) is 7.27. The SMILES string of the molecule is CCOc1c(OC)cc(CNC(=NC)NCCCn2c(C)nc3ccccc32)cc1OC.I. The molecule has 0 saturated carbocycles. The van der Waals surface area contributed by atoms with Gasteiger partial charge in [-0.2, -0.15) is 0 Å². The number of nitrogens with one attached hydrogen (secondary N) is 2. The lowest BCUT2D eigenvalue weighted by Gasteiger charge is -2.17. The highest BCUT2D eigenvalue weighted by atomic mass is 127. The molecule has 2 aromatic carbocycles. The van der Waals surface area contributed by atoms with Crippen LogP contribution in [0.3, 0.4) is 0 Å². The van der Waals surface area contributed by atoms with Crippen molar-refractivity contribution in [3.05, 3.63) is 47.8 Å². The predicted octanol–water partition coefficient (Wildman–Crippen LogP) is 4.13.